The molecule has 1 rings (SSSR count). The summed E-state index contributed by atoms with van der Waals surface area (Å²) in [6.07, 6.45) is 0.360. The Bertz CT molecular complexity index is 532. The van der Waals surface area contributed by atoms with Crippen LogP contribution in [0.25, 0.3) is 0 Å². The first-order chi connectivity index (χ1) is 8.94. The number of carbonyl (C=O) groups is 1. The molecule has 0 unspecified atom stereocenters. The summed E-state index contributed by atoms with van der Waals surface area (Å²) in [6, 6.07) is 6.31. The van der Waals surface area contributed by atoms with Gasteiger partial charge in [0, 0.05) is 6.54 Å². The van der Waals surface area contributed by atoms with Crippen LogP contribution in [0.2, 0.25) is 0 Å². The Balaban J connectivity index is 2.30. The molecule has 0 aromatic heterocycles. The Morgan fingerprint density at radius 3 is 2.63 bits per heavy atom. The van der Waals surface area contributed by atoms with Crippen LogP contribution in [-0.4, -0.2) is 33.2 Å². The maximum absolute atomic E-state index is 13.3. The minimum absolute atomic E-state index is 0.0739. The maximum atomic E-state index is 13.3. The summed E-state index contributed by atoms with van der Waals surface area (Å²) in [6.45, 7) is 1.44. The lowest BCUT2D eigenvalue weighted by Gasteiger charge is -2.07. The van der Waals surface area contributed by atoms with Crippen LogP contribution in [0.3, 0.4) is 0 Å². The molecule has 7 heteroatoms. The summed E-state index contributed by atoms with van der Waals surface area (Å²) in [7, 11) is -3.37. The number of halogens is 1. The zero-order chi connectivity index (χ0) is 14.3. The molecule has 1 aromatic rings. The van der Waals surface area contributed by atoms with Crippen molar-refractivity contribution in [3.8, 4) is 0 Å². The predicted octanol–water partition coefficient (Wildman–Crippen LogP) is 0.424. The molecular formula is C12H17FN2O3S. The highest BCUT2D eigenvalue weighted by Crippen LogP contribution is 2.05. The van der Waals surface area contributed by atoms with Crippen molar-refractivity contribution in [2.45, 2.75) is 13.3 Å². The molecule has 1 aromatic carbocycles. The van der Waals surface area contributed by atoms with Gasteiger partial charge in [0.25, 0.3) is 0 Å². The van der Waals surface area contributed by atoms with Gasteiger partial charge in [0.1, 0.15) is 5.82 Å². The monoisotopic (exact) mass is 288 g/mol. The molecule has 0 aliphatic heterocycles. The van der Waals surface area contributed by atoms with E-state index in [-0.39, 0.29) is 24.7 Å². The fraction of sp³-hybridized carbons (Fsp3) is 0.417. The van der Waals surface area contributed by atoms with Gasteiger partial charge in [0.2, 0.25) is 15.9 Å². The van der Waals surface area contributed by atoms with Gasteiger partial charge >= 0.3 is 0 Å². The number of benzene rings is 1. The quantitative estimate of drug-likeness (QED) is 0.763. The van der Waals surface area contributed by atoms with Gasteiger partial charge in [-0.05, 0) is 25.0 Å². The van der Waals surface area contributed by atoms with Crippen LogP contribution in [0.5, 0.6) is 0 Å². The molecule has 0 aliphatic rings. The summed E-state index contributed by atoms with van der Waals surface area (Å²) in [4.78, 5) is 11.3. The number of nitrogens with one attached hydrogen (secondary N) is 2. The average Bonchev–Trinajstić information content (AvgIpc) is 2.39. The van der Waals surface area contributed by atoms with Gasteiger partial charge < -0.3 is 5.32 Å². The van der Waals surface area contributed by atoms with Crippen molar-refractivity contribution in [1.29, 1.82) is 0 Å². The van der Waals surface area contributed by atoms with Crippen LogP contribution < -0.4 is 10.0 Å². The lowest BCUT2D eigenvalue weighted by atomic mass is 10.1. The molecule has 0 bridgehead atoms. The van der Waals surface area contributed by atoms with Gasteiger partial charge in [0.15, 0.2) is 0 Å². The number of sulfonamides is 1. The first-order valence-electron chi connectivity index (χ1n) is 5.92. The summed E-state index contributed by atoms with van der Waals surface area (Å²) < 4.78 is 37.6. The molecule has 0 fully saturated rings. The Labute approximate surface area is 112 Å². The average molecular weight is 288 g/mol. The third kappa shape index (κ3) is 5.80. The molecule has 0 heterocycles. The molecule has 106 valence electrons. The predicted molar refractivity (Wildman–Crippen MR) is 70.6 cm³/mol. The second kappa shape index (κ2) is 7.20. The number of hydrogen-bond acceptors (Lipinski definition) is 3. The standard InChI is InChI=1S/C12H17FN2O3S/c1-2-19(17,18)15-9-12(16)14-8-7-10-5-3-4-6-11(10)13/h3-6,15H,2,7-9H2,1H3,(H,14,16). The highest BCUT2D eigenvalue weighted by molar-refractivity contribution is 7.89. The largest absolute Gasteiger partial charge is 0.355 e. The molecular weight excluding hydrogens is 271 g/mol. The van der Waals surface area contributed by atoms with Gasteiger partial charge in [-0.25, -0.2) is 17.5 Å². The van der Waals surface area contributed by atoms with E-state index in [4.69, 9.17) is 0 Å². The van der Waals surface area contributed by atoms with E-state index in [1.165, 1.54) is 13.0 Å². The van der Waals surface area contributed by atoms with Gasteiger partial charge in [-0.15, -0.1) is 0 Å². The first-order valence-corrected chi connectivity index (χ1v) is 7.57. The van der Waals surface area contributed by atoms with E-state index >= 15 is 0 Å². The highest BCUT2D eigenvalue weighted by atomic mass is 32.2. The zero-order valence-electron chi connectivity index (χ0n) is 10.6. The number of carbonyl (C=O) groups excluding carboxylic acids is 1. The van der Waals surface area contributed by atoms with Crippen LogP contribution in [0.15, 0.2) is 24.3 Å². The van der Waals surface area contributed by atoms with Gasteiger partial charge in [0.05, 0.1) is 12.3 Å². The topological polar surface area (TPSA) is 75.3 Å². The Morgan fingerprint density at radius 1 is 1.32 bits per heavy atom. The number of rotatable bonds is 7. The van der Waals surface area contributed by atoms with Crippen LogP contribution >= 0.6 is 0 Å². The first kappa shape index (κ1) is 15.6. The van der Waals surface area contributed by atoms with Crippen molar-refractivity contribution >= 4 is 15.9 Å². The van der Waals surface area contributed by atoms with E-state index in [1.807, 2.05) is 0 Å². The Kier molecular flexibility index (Phi) is 5.91. The van der Waals surface area contributed by atoms with E-state index < -0.39 is 15.9 Å². The van der Waals surface area contributed by atoms with Crippen LogP contribution in [0, 0.1) is 5.82 Å². The minimum Gasteiger partial charge on any atom is -0.355 e. The van der Waals surface area contributed by atoms with Crippen molar-refractivity contribution in [2.24, 2.45) is 0 Å². The smallest absolute Gasteiger partial charge is 0.235 e. The van der Waals surface area contributed by atoms with E-state index in [1.54, 1.807) is 18.2 Å². The molecule has 0 saturated heterocycles. The third-order valence-electron chi connectivity index (χ3n) is 2.51. The molecule has 19 heavy (non-hydrogen) atoms. The highest BCUT2D eigenvalue weighted by Gasteiger charge is 2.09. The van der Waals surface area contributed by atoms with Crippen molar-refractivity contribution in [1.82, 2.24) is 10.0 Å². The van der Waals surface area contributed by atoms with E-state index in [0.29, 0.717) is 12.0 Å². The molecule has 0 saturated carbocycles. The Morgan fingerprint density at radius 2 is 2.00 bits per heavy atom. The maximum Gasteiger partial charge on any atom is 0.235 e. The molecule has 0 atom stereocenters. The summed E-state index contributed by atoms with van der Waals surface area (Å²) in [5, 5.41) is 2.52. The second-order valence-electron chi connectivity index (χ2n) is 3.92. The lowest BCUT2D eigenvalue weighted by molar-refractivity contribution is -0.119. The van der Waals surface area contributed by atoms with Gasteiger partial charge in [-0.1, -0.05) is 18.2 Å². The van der Waals surface area contributed by atoms with E-state index in [2.05, 4.69) is 10.0 Å². The normalized spacial score (nSPS) is 11.3. The van der Waals surface area contributed by atoms with Crippen molar-refractivity contribution in [3.63, 3.8) is 0 Å². The van der Waals surface area contributed by atoms with Gasteiger partial charge in [-0.2, -0.15) is 0 Å². The Hall–Kier alpha value is -1.47. The summed E-state index contributed by atoms with van der Waals surface area (Å²) in [5.74, 6) is -0.827. The number of amides is 1. The fourth-order valence-corrected chi connectivity index (χ4v) is 1.93. The molecule has 5 nitrogen and oxygen atoms in total. The zero-order valence-corrected chi connectivity index (χ0v) is 11.5. The molecule has 0 radical (unpaired) electrons. The van der Waals surface area contributed by atoms with Crippen LogP contribution in [-0.2, 0) is 21.2 Å². The van der Waals surface area contributed by atoms with Crippen molar-refractivity contribution < 1.29 is 17.6 Å². The van der Waals surface area contributed by atoms with Gasteiger partial charge in [-0.3, -0.25) is 4.79 Å². The minimum atomic E-state index is -3.37. The van der Waals surface area contributed by atoms with E-state index in [0.717, 1.165) is 0 Å². The fourth-order valence-electron chi connectivity index (χ4n) is 1.38. The summed E-state index contributed by atoms with van der Waals surface area (Å²) >= 11 is 0. The molecule has 1 amide bonds. The molecule has 2 N–H and O–H groups in total. The van der Waals surface area contributed by atoms with Crippen molar-refractivity contribution in [2.75, 3.05) is 18.8 Å². The molecule has 0 spiro atoms. The second-order valence-corrected chi connectivity index (χ2v) is 6.01. The summed E-state index contributed by atoms with van der Waals surface area (Å²) in [5.41, 5.74) is 0.511. The number of hydrogen-bond donors (Lipinski definition) is 2. The third-order valence-corrected chi connectivity index (χ3v) is 3.85. The van der Waals surface area contributed by atoms with Crippen molar-refractivity contribution in [3.05, 3.63) is 35.6 Å². The van der Waals surface area contributed by atoms with Crippen LogP contribution in [0.4, 0.5) is 4.39 Å². The van der Waals surface area contributed by atoms with E-state index in [9.17, 15) is 17.6 Å². The lowest BCUT2D eigenvalue weighted by Crippen LogP contribution is -2.38. The molecule has 0 aliphatic carbocycles. The SMILES string of the molecule is CCS(=O)(=O)NCC(=O)NCCc1ccccc1F. The van der Waals surface area contributed by atoms with Crippen LogP contribution in [0.1, 0.15) is 12.5 Å².